The Balaban J connectivity index is 2.49. The molecule has 0 bridgehead atoms. The molecule has 5 heteroatoms. The van der Waals surface area contributed by atoms with E-state index in [1.54, 1.807) is 7.11 Å². The highest BCUT2D eigenvalue weighted by Crippen LogP contribution is 2.31. The van der Waals surface area contributed by atoms with E-state index in [9.17, 15) is 0 Å². The van der Waals surface area contributed by atoms with E-state index in [4.69, 9.17) is 16.3 Å². The Bertz CT molecular complexity index is 590. The van der Waals surface area contributed by atoms with Gasteiger partial charge in [0.2, 0.25) is 0 Å². The van der Waals surface area contributed by atoms with Gasteiger partial charge >= 0.3 is 0 Å². The molecule has 1 N–H and O–H groups in total. The molecule has 0 aliphatic rings. The first kappa shape index (κ1) is 15.9. The van der Waals surface area contributed by atoms with Crippen molar-refractivity contribution < 1.29 is 4.74 Å². The monoisotopic (exact) mass is 307 g/mol. The van der Waals surface area contributed by atoms with Crippen LogP contribution in [0.25, 0.3) is 5.69 Å². The third-order valence-corrected chi connectivity index (χ3v) is 3.85. The number of aryl methyl sites for hydroxylation is 1. The Hall–Kier alpha value is -1.52. The molecule has 4 nitrogen and oxygen atoms in total. The van der Waals surface area contributed by atoms with Crippen molar-refractivity contribution in [3.63, 3.8) is 0 Å². The molecule has 0 amide bonds. The Kier molecular flexibility index (Phi) is 5.26. The van der Waals surface area contributed by atoms with Crippen molar-refractivity contribution in [3.05, 3.63) is 40.7 Å². The molecular formula is C16H22ClN3O. The number of benzene rings is 1. The van der Waals surface area contributed by atoms with Gasteiger partial charge in [-0.2, -0.15) is 5.10 Å². The predicted molar refractivity (Wildman–Crippen MR) is 86.6 cm³/mol. The maximum atomic E-state index is 6.14. The lowest BCUT2D eigenvalue weighted by Gasteiger charge is -2.20. The molecule has 114 valence electrons. The van der Waals surface area contributed by atoms with Gasteiger partial charge in [-0.15, -0.1) is 0 Å². The Morgan fingerprint density at radius 1 is 1.43 bits per heavy atom. The van der Waals surface area contributed by atoms with Crippen molar-refractivity contribution in [3.8, 4) is 11.4 Å². The van der Waals surface area contributed by atoms with Gasteiger partial charge in [-0.1, -0.05) is 24.6 Å². The van der Waals surface area contributed by atoms with Crippen molar-refractivity contribution in [1.29, 1.82) is 0 Å². The van der Waals surface area contributed by atoms with E-state index >= 15 is 0 Å². The molecule has 0 aliphatic heterocycles. The van der Waals surface area contributed by atoms with Gasteiger partial charge in [0.25, 0.3) is 0 Å². The topological polar surface area (TPSA) is 39.1 Å². The maximum absolute atomic E-state index is 6.14. The average molecular weight is 308 g/mol. The molecule has 1 aromatic heterocycles. The summed E-state index contributed by atoms with van der Waals surface area (Å²) in [7, 11) is 1.69. The quantitative estimate of drug-likeness (QED) is 0.879. The van der Waals surface area contributed by atoms with Crippen molar-refractivity contribution in [1.82, 2.24) is 15.1 Å². The van der Waals surface area contributed by atoms with Crippen LogP contribution in [0.5, 0.6) is 5.75 Å². The third kappa shape index (κ3) is 3.39. The number of rotatable bonds is 6. The molecule has 2 aromatic rings. The summed E-state index contributed by atoms with van der Waals surface area (Å²) in [5.74, 6) is 0.855. The van der Waals surface area contributed by atoms with E-state index < -0.39 is 0 Å². The fourth-order valence-corrected chi connectivity index (χ4v) is 2.50. The van der Waals surface area contributed by atoms with E-state index in [1.807, 2.05) is 36.0 Å². The summed E-state index contributed by atoms with van der Waals surface area (Å²) in [6.45, 7) is 7.14. The number of nitrogens with one attached hydrogen (secondary N) is 1. The average Bonchev–Trinajstić information content (AvgIpc) is 2.83. The summed E-state index contributed by atoms with van der Waals surface area (Å²) >= 11 is 6.14. The molecule has 0 fully saturated rings. The number of ether oxygens (including phenoxy) is 1. The summed E-state index contributed by atoms with van der Waals surface area (Å²) < 4.78 is 7.35. The predicted octanol–water partition coefficient (Wildman–Crippen LogP) is 3.90. The Morgan fingerprint density at radius 2 is 2.19 bits per heavy atom. The van der Waals surface area contributed by atoms with E-state index in [-0.39, 0.29) is 6.04 Å². The summed E-state index contributed by atoms with van der Waals surface area (Å²) in [4.78, 5) is 0. The van der Waals surface area contributed by atoms with Crippen LogP contribution in [0, 0.1) is 6.92 Å². The minimum atomic E-state index is 0.166. The van der Waals surface area contributed by atoms with Gasteiger partial charge in [-0.05, 0) is 38.9 Å². The van der Waals surface area contributed by atoms with Crippen LogP contribution in [0.2, 0.25) is 5.02 Å². The van der Waals surface area contributed by atoms with Crippen LogP contribution in [-0.4, -0.2) is 23.4 Å². The van der Waals surface area contributed by atoms with Gasteiger partial charge in [-0.25, -0.2) is 4.68 Å². The lowest BCUT2D eigenvalue weighted by Crippen LogP contribution is -2.21. The van der Waals surface area contributed by atoms with Crippen molar-refractivity contribution in [2.24, 2.45) is 0 Å². The minimum Gasteiger partial charge on any atom is -0.496 e. The highest BCUT2D eigenvalue weighted by molar-refractivity contribution is 6.31. The SMILES string of the molecule is CCCNC(C)c1c(OC)cccc1-n1cc(Cl)c(C)n1. The molecule has 0 saturated heterocycles. The molecule has 0 aliphatic carbocycles. The van der Waals surface area contributed by atoms with Gasteiger partial charge in [0.1, 0.15) is 5.75 Å². The fourth-order valence-electron chi connectivity index (χ4n) is 2.37. The zero-order valence-corrected chi connectivity index (χ0v) is 13.7. The number of hydrogen-bond donors (Lipinski definition) is 1. The molecule has 0 saturated carbocycles. The van der Waals surface area contributed by atoms with Crippen molar-refractivity contribution in [2.45, 2.75) is 33.2 Å². The van der Waals surface area contributed by atoms with Gasteiger partial charge in [0.15, 0.2) is 0 Å². The second-order valence-electron chi connectivity index (χ2n) is 5.08. The van der Waals surface area contributed by atoms with E-state index in [0.717, 1.165) is 35.7 Å². The fraction of sp³-hybridized carbons (Fsp3) is 0.438. The standard InChI is InChI=1S/C16H22ClN3O/c1-5-9-18-12(3)16-14(7-6-8-15(16)21-4)20-10-13(17)11(2)19-20/h6-8,10,12,18H,5,9H2,1-4H3. The van der Waals surface area contributed by atoms with Crippen LogP contribution in [0.4, 0.5) is 0 Å². The Morgan fingerprint density at radius 3 is 2.76 bits per heavy atom. The van der Waals surface area contributed by atoms with Crippen molar-refractivity contribution in [2.75, 3.05) is 13.7 Å². The summed E-state index contributed by atoms with van der Waals surface area (Å²) in [6.07, 6.45) is 2.92. The van der Waals surface area contributed by atoms with Crippen LogP contribution < -0.4 is 10.1 Å². The molecule has 1 aromatic carbocycles. The van der Waals surface area contributed by atoms with Gasteiger partial charge in [0, 0.05) is 17.8 Å². The molecule has 1 heterocycles. The number of halogens is 1. The highest BCUT2D eigenvalue weighted by atomic mass is 35.5. The number of nitrogens with zero attached hydrogens (tertiary/aromatic N) is 2. The van der Waals surface area contributed by atoms with E-state index in [1.165, 1.54) is 0 Å². The summed E-state index contributed by atoms with van der Waals surface area (Å²) in [5, 5.41) is 8.65. The molecule has 2 rings (SSSR count). The van der Waals surface area contributed by atoms with Gasteiger partial charge in [0.05, 0.1) is 23.5 Å². The lowest BCUT2D eigenvalue weighted by atomic mass is 10.0. The molecule has 21 heavy (non-hydrogen) atoms. The first-order chi connectivity index (χ1) is 10.1. The van der Waals surface area contributed by atoms with Crippen molar-refractivity contribution >= 4 is 11.6 Å². The lowest BCUT2D eigenvalue weighted by molar-refractivity contribution is 0.401. The first-order valence-corrected chi connectivity index (χ1v) is 7.58. The van der Waals surface area contributed by atoms with Crippen LogP contribution in [-0.2, 0) is 0 Å². The maximum Gasteiger partial charge on any atom is 0.125 e. The molecule has 1 unspecified atom stereocenters. The number of aromatic nitrogens is 2. The zero-order chi connectivity index (χ0) is 15.4. The van der Waals surface area contributed by atoms with Gasteiger partial charge in [-0.3, -0.25) is 0 Å². The number of hydrogen-bond acceptors (Lipinski definition) is 3. The smallest absolute Gasteiger partial charge is 0.125 e. The molecule has 0 radical (unpaired) electrons. The summed E-state index contributed by atoms with van der Waals surface area (Å²) in [6, 6.07) is 6.14. The largest absolute Gasteiger partial charge is 0.496 e. The minimum absolute atomic E-state index is 0.166. The molecule has 0 spiro atoms. The van der Waals surface area contributed by atoms with Crippen LogP contribution >= 0.6 is 11.6 Å². The van der Waals surface area contributed by atoms with Crippen LogP contribution in [0.1, 0.15) is 37.6 Å². The second-order valence-corrected chi connectivity index (χ2v) is 5.48. The summed E-state index contributed by atoms with van der Waals surface area (Å²) in [5.41, 5.74) is 2.90. The second kappa shape index (κ2) is 6.96. The number of methoxy groups -OCH3 is 1. The first-order valence-electron chi connectivity index (χ1n) is 7.20. The zero-order valence-electron chi connectivity index (χ0n) is 13.0. The highest BCUT2D eigenvalue weighted by Gasteiger charge is 2.18. The normalized spacial score (nSPS) is 12.4. The third-order valence-electron chi connectivity index (χ3n) is 3.48. The van der Waals surface area contributed by atoms with E-state index in [0.29, 0.717) is 5.02 Å². The van der Waals surface area contributed by atoms with Crippen LogP contribution in [0.3, 0.4) is 0 Å². The molecular weight excluding hydrogens is 286 g/mol. The Labute approximate surface area is 131 Å². The van der Waals surface area contributed by atoms with E-state index in [2.05, 4.69) is 24.3 Å². The van der Waals surface area contributed by atoms with Gasteiger partial charge < -0.3 is 10.1 Å². The van der Waals surface area contributed by atoms with Crippen LogP contribution in [0.15, 0.2) is 24.4 Å². The molecule has 1 atom stereocenters.